The summed E-state index contributed by atoms with van der Waals surface area (Å²) in [6.45, 7) is 0. The fraction of sp³-hybridized carbons (Fsp3) is 0.500. The van der Waals surface area contributed by atoms with Crippen LogP contribution in [0.2, 0.25) is 0 Å². The van der Waals surface area contributed by atoms with E-state index in [2.05, 4.69) is 15.8 Å². The molecule has 7 heteroatoms. The van der Waals surface area contributed by atoms with Gasteiger partial charge in [0, 0.05) is 35.4 Å². The molecule has 0 bridgehead atoms. The average Bonchev–Trinajstić information content (AvgIpc) is 3.03. The normalized spacial score (nSPS) is 17.4. The SMILES string of the molecule is O=C(CCCCC1CCSS1)NNC(=O)c1ccncc1. The lowest BCUT2D eigenvalue weighted by atomic mass is 10.1. The molecule has 0 aliphatic carbocycles. The van der Waals surface area contributed by atoms with E-state index in [1.165, 1.54) is 31.0 Å². The zero-order chi connectivity index (χ0) is 14.9. The van der Waals surface area contributed by atoms with Crippen LogP contribution in [0.5, 0.6) is 0 Å². The van der Waals surface area contributed by atoms with E-state index in [1.54, 1.807) is 12.1 Å². The van der Waals surface area contributed by atoms with Crippen molar-refractivity contribution in [3.05, 3.63) is 30.1 Å². The van der Waals surface area contributed by atoms with Gasteiger partial charge in [-0.25, -0.2) is 0 Å². The van der Waals surface area contributed by atoms with Gasteiger partial charge in [0.25, 0.3) is 5.91 Å². The summed E-state index contributed by atoms with van der Waals surface area (Å²) in [5, 5.41) is 0.754. The number of nitrogens with one attached hydrogen (secondary N) is 2. The van der Waals surface area contributed by atoms with Crippen molar-refractivity contribution < 1.29 is 9.59 Å². The monoisotopic (exact) mass is 325 g/mol. The summed E-state index contributed by atoms with van der Waals surface area (Å²) in [4.78, 5) is 27.2. The smallest absolute Gasteiger partial charge is 0.269 e. The molecule has 21 heavy (non-hydrogen) atoms. The minimum atomic E-state index is -0.329. The predicted molar refractivity (Wildman–Crippen MR) is 86.8 cm³/mol. The van der Waals surface area contributed by atoms with Crippen LogP contribution in [0.15, 0.2) is 24.5 Å². The molecule has 114 valence electrons. The number of carbonyl (C=O) groups excluding carboxylic acids is 2. The summed E-state index contributed by atoms with van der Waals surface area (Å²) in [5.41, 5.74) is 5.32. The number of nitrogens with zero attached hydrogens (tertiary/aromatic N) is 1. The van der Waals surface area contributed by atoms with E-state index >= 15 is 0 Å². The van der Waals surface area contributed by atoms with E-state index in [0.717, 1.165) is 18.1 Å². The number of carbonyl (C=O) groups is 2. The maximum absolute atomic E-state index is 11.7. The van der Waals surface area contributed by atoms with E-state index in [0.29, 0.717) is 12.0 Å². The molecule has 1 atom stereocenters. The second kappa shape index (κ2) is 8.94. The Kier molecular flexibility index (Phi) is 6.88. The Bertz CT molecular complexity index is 465. The van der Waals surface area contributed by atoms with E-state index < -0.39 is 0 Å². The summed E-state index contributed by atoms with van der Waals surface area (Å²) in [7, 11) is 3.91. The van der Waals surface area contributed by atoms with Crippen LogP contribution in [0.3, 0.4) is 0 Å². The number of hydrogen-bond donors (Lipinski definition) is 2. The summed E-state index contributed by atoms with van der Waals surface area (Å²) < 4.78 is 0. The second-order valence-electron chi connectivity index (χ2n) is 4.81. The number of unbranched alkanes of at least 4 members (excludes halogenated alkanes) is 1. The Labute approximate surface area is 132 Å². The second-order valence-corrected chi connectivity index (χ2v) is 7.60. The first kappa shape index (κ1) is 16.2. The van der Waals surface area contributed by atoms with Crippen molar-refractivity contribution in [3.8, 4) is 0 Å². The number of hydrogen-bond acceptors (Lipinski definition) is 5. The highest BCUT2D eigenvalue weighted by molar-refractivity contribution is 8.77. The third-order valence-electron chi connectivity index (χ3n) is 3.17. The van der Waals surface area contributed by atoms with E-state index in [9.17, 15) is 9.59 Å². The fourth-order valence-corrected chi connectivity index (χ4v) is 5.01. The Balaban J connectivity index is 1.56. The Morgan fingerprint density at radius 2 is 2.05 bits per heavy atom. The van der Waals surface area contributed by atoms with Gasteiger partial charge in [-0.3, -0.25) is 25.4 Å². The molecule has 2 heterocycles. The fourth-order valence-electron chi connectivity index (χ4n) is 1.99. The van der Waals surface area contributed by atoms with Gasteiger partial charge in [0.05, 0.1) is 0 Å². The van der Waals surface area contributed by atoms with Crippen molar-refractivity contribution in [2.24, 2.45) is 0 Å². The van der Waals surface area contributed by atoms with E-state index in [-0.39, 0.29) is 11.8 Å². The summed E-state index contributed by atoms with van der Waals surface area (Å²) in [6, 6.07) is 3.19. The zero-order valence-electron chi connectivity index (χ0n) is 11.7. The molecular formula is C14H19N3O2S2. The molecule has 1 aromatic heterocycles. The lowest BCUT2D eigenvalue weighted by molar-refractivity contribution is -0.121. The van der Waals surface area contributed by atoms with Crippen LogP contribution in [-0.4, -0.2) is 27.8 Å². The highest BCUT2D eigenvalue weighted by Gasteiger charge is 2.15. The first-order chi connectivity index (χ1) is 10.3. The minimum Gasteiger partial charge on any atom is -0.273 e. The van der Waals surface area contributed by atoms with Crippen LogP contribution in [-0.2, 0) is 4.79 Å². The molecule has 1 fully saturated rings. The molecule has 0 aromatic carbocycles. The number of amides is 2. The van der Waals surface area contributed by atoms with Crippen molar-refractivity contribution >= 4 is 33.4 Å². The number of aromatic nitrogens is 1. The van der Waals surface area contributed by atoms with Gasteiger partial charge in [-0.05, 0) is 31.4 Å². The maximum Gasteiger partial charge on any atom is 0.269 e. The molecule has 0 saturated carbocycles. The van der Waals surface area contributed by atoms with Gasteiger partial charge in [-0.1, -0.05) is 28.0 Å². The van der Waals surface area contributed by atoms with Gasteiger partial charge in [-0.15, -0.1) is 0 Å². The first-order valence-corrected chi connectivity index (χ1v) is 9.41. The molecule has 1 aliphatic heterocycles. The molecular weight excluding hydrogens is 306 g/mol. The molecule has 2 N–H and O–H groups in total. The number of hydrazine groups is 1. The Morgan fingerprint density at radius 1 is 1.24 bits per heavy atom. The largest absolute Gasteiger partial charge is 0.273 e. The third kappa shape index (κ3) is 5.97. The molecule has 1 aromatic rings. The van der Waals surface area contributed by atoms with Crippen molar-refractivity contribution in [3.63, 3.8) is 0 Å². The summed E-state index contributed by atoms with van der Waals surface area (Å²) in [5.74, 6) is 0.771. The summed E-state index contributed by atoms with van der Waals surface area (Å²) >= 11 is 0. The van der Waals surface area contributed by atoms with Crippen LogP contribution < -0.4 is 10.9 Å². The Hall–Kier alpha value is -1.21. The van der Waals surface area contributed by atoms with Crippen LogP contribution >= 0.6 is 21.6 Å². The van der Waals surface area contributed by atoms with E-state index in [1.807, 2.05) is 21.6 Å². The lowest BCUT2D eigenvalue weighted by Crippen LogP contribution is -2.41. The first-order valence-electron chi connectivity index (χ1n) is 7.03. The quantitative estimate of drug-likeness (QED) is 0.478. The van der Waals surface area contributed by atoms with Crippen molar-refractivity contribution in [1.82, 2.24) is 15.8 Å². The molecule has 1 aliphatic rings. The molecule has 2 rings (SSSR count). The van der Waals surface area contributed by atoms with Crippen molar-refractivity contribution in [2.45, 2.75) is 37.4 Å². The van der Waals surface area contributed by atoms with Gasteiger partial charge < -0.3 is 0 Å². The van der Waals surface area contributed by atoms with Crippen LogP contribution in [0.25, 0.3) is 0 Å². The van der Waals surface area contributed by atoms with Gasteiger partial charge in [-0.2, -0.15) is 0 Å². The maximum atomic E-state index is 11.7. The molecule has 5 nitrogen and oxygen atoms in total. The molecule has 0 radical (unpaired) electrons. The van der Waals surface area contributed by atoms with E-state index in [4.69, 9.17) is 0 Å². The highest BCUT2D eigenvalue weighted by Crippen LogP contribution is 2.39. The third-order valence-corrected chi connectivity index (χ3v) is 6.17. The van der Waals surface area contributed by atoms with Crippen LogP contribution in [0.1, 0.15) is 42.5 Å². The topological polar surface area (TPSA) is 71.1 Å². The molecule has 0 spiro atoms. The average molecular weight is 325 g/mol. The number of pyridine rings is 1. The standard InChI is InChI=1S/C14H19N3O2S2/c18-13(4-2-1-3-12-7-10-20-21-12)16-17-14(19)11-5-8-15-9-6-11/h5-6,8-9,12H,1-4,7,10H2,(H,16,18)(H,17,19). The highest BCUT2D eigenvalue weighted by atomic mass is 33.1. The summed E-state index contributed by atoms with van der Waals surface area (Å²) in [6.07, 6.45) is 7.90. The minimum absolute atomic E-state index is 0.147. The van der Waals surface area contributed by atoms with Gasteiger partial charge in [0.2, 0.25) is 5.91 Å². The molecule has 1 unspecified atom stereocenters. The van der Waals surface area contributed by atoms with Crippen LogP contribution in [0.4, 0.5) is 0 Å². The van der Waals surface area contributed by atoms with Crippen molar-refractivity contribution in [2.75, 3.05) is 5.75 Å². The lowest BCUT2D eigenvalue weighted by Gasteiger charge is -2.08. The van der Waals surface area contributed by atoms with Crippen LogP contribution in [0, 0.1) is 0 Å². The molecule has 2 amide bonds. The van der Waals surface area contributed by atoms with Gasteiger partial charge in [0.15, 0.2) is 0 Å². The van der Waals surface area contributed by atoms with Crippen molar-refractivity contribution in [1.29, 1.82) is 0 Å². The number of rotatable bonds is 6. The predicted octanol–water partition coefficient (Wildman–Crippen LogP) is 2.56. The zero-order valence-corrected chi connectivity index (χ0v) is 13.3. The van der Waals surface area contributed by atoms with Gasteiger partial charge >= 0.3 is 0 Å². The van der Waals surface area contributed by atoms with Gasteiger partial charge in [0.1, 0.15) is 0 Å². The Morgan fingerprint density at radius 3 is 2.76 bits per heavy atom. The molecule has 1 saturated heterocycles.